The molecule has 90 valence electrons. The molecule has 0 spiro atoms. The lowest BCUT2D eigenvalue weighted by atomic mass is 10.1. The van der Waals surface area contributed by atoms with E-state index in [1.807, 2.05) is 13.8 Å². The summed E-state index contributed by atoms with van der Waals surface area (Å²) in [6.45, 7) is 5.99. The van der Waals surface area contributed by atoms with Gasteiger partial charge in [0.15, 0.2) is 11.0 Å². The van der Waals surface area contributed by atoms with E-state index < -0.39 is 0 Å². The molecule has 0 aliphatic carbocycles. The average Bonchev–Trinajstić information content (AvgIpc) is 2.57. The number of hydrogen-bond donors (Lipinski definition) is 0. The predicted molar refractivity (Wildman–Crippen MR) is 65.8 cm³/mol. The normalized spacial score (nSPS) is 10.9. The smallest absolute Gasteiger partial charge is 0.216 e. The summed E-state index contributed by atoms with van der Waals surface area (Å²) in [6, 6.07) is 0. The van der Waals surface area contributed by atoms with Gasteiger partial charge in [0, 0.05) is 5.69 Å². The van der Waals surface area contributed by atoms with Gasteiger partial charge in [-0.2, -0.15) is 10.1 Å². The Morgan fingerprint density at radius 1 is 1.18 bits per heavy atom. The van der Waals surface area contributed by atoms with Crippen LogP contribution in [0, 0.1) is 13.8 Å². The molecule has 0 saturated carbocycles. The van der Waals surface area contributed by atoms with E-state index in [1.165, 1.54) is 5.56 Å². The third-order valence-electron chi connectivity index (χ3n) is 2.60. The van der Waals surface area contributed by atoms with Gasteiger partial charge in [0.05, 0.1) is 5.69 Å². The summed E-state index contributed by atoms with van der Waals surface area (Å²) in [6.07, 6.45) is 0.904. The summed E-state index contributed by atoms with van der Waals surface area (Å²) in [4.78, 5) is 4.05. The van der Waals surface area contributed by atoms with Crippen LogP contribution in [0.15, 0.2) is 0 Å². The van der Waals surface area contributed by atoms with Crippen LogP contribution in [0.2, 0.25) is 10.4 Å². The molecule has 2 aromatic rings. The lowest BCUT2D eigenvalue weighted by Crippen LogP contribution is -2.06. The molecule has 2 heterocycles. The van der Waals surface area contributed by atoms with E-state index in [9.17, 15) is 0 Å². The fraction of sp³-hybridized carbons (Fsp3) is 0.400. The maximum Gasteiger partial charge on any atom is 0.245 e. The standard InChI is InChI=1S/C10H11Cl2N5/c1-4-7-5(2)16-17(6(7)3)9-8(11)14-15-10(12)13-9/h4H2,1-3H3. The Kier molecular flexibility index (Phi) is 3.31. The molecule has 0 aliphatic heterocycles. The Morgan fingerprint density at radius 3 is 2.47 bits per heavy atom. The van der Waals surface area contributed by atoms with Gasteiger partial charge in [0.1, 0.15) is 0 Å². The zero-order valence-corrected chi connectivity index (χ0v) is 11.2. The van der Waals surface area contributed by atoms with Crippen molar-refractivity contribution in [2.45, 2.75) is 27.2 Å². The summed E-state index contributed by atoms with van der Waals surface area (Å²) >= 11 is 11.7. The van der Waals surface area contributed by atoms with Crippen molar-refractivity contribution in [2.24, 2.45) is 0 Å². The summed E-state index contributed by atoms with van der Waals surface area (Å²) < 4.78 is 1.65. The van der Waals surface area contributed by atoms with Gasteiger partial charge in [-0.25, -0.2) is 4.68 Å². The van der Waals surface area contributed by atoms with E-state index in [0.29, 0.717) is 5.82 Å². The van der Waals surface area contributed by atoms with Crippen molar-refractivity contribution in [3.8, 4) is 5.82 Å². The van der Waals surface area contributed by atoms with Gasteiger partial charge in [-0.1, -0.05) is 18.5 Å². The van der Waals surface area contributed by atoms with Crippen molar-refractivity contribution >= 4 is 23.2 Å². The van der Waals surface area contributed by atoms with Crippen molar-refractivity contribution in [3.05, 3.63) is 27.4 Å². The highest BCUT2D eigenvalue weighted by molar-refractivity contribution is 6.31. The molecule has 0 radical (unpaired) electrons. The molecule has 0 unspecified atom stereocenters. The largest absolute Gasteiger partial charge is 0.245 e. The second kappa shape index (κ2) is 4.58. The van der Waals surface area contributed by atoms with Crippen molar-refractivity contribution in [1.82, 2.24) is 25.0 Å². The third kappa shape index (κ3) is 2.12. The van der Waals surface area contributed by atoms with Crippen LogP contribution in [0.5, 0.6) is 0 Å². The Balaban J connectivity index is 2.64. The first kappa shape index (κ1) is 12.3. The highest BCUT2D eigenvalue weighted by atomic mass is 35.5. The zero-order chi connectivity index (χ0) is 12.6. The second-order valence-corrected chi connectivity index (χ2v) is 4.31. The minimum Gasteiger partial charge on any atom is -0.216 e. The SMILES string of the molecule is CCc1c(C)nn(-c2nc(Cl)nnc2Cl)c1C. The first-order valence-electron chi connectivity index (χ1n) is 5.15. The number of aromatic nitrogens is 5. The highest BCUT2D eigenvalue weighted by Crippen LogP contribution is 2.21. The van der Waals surface area contributed by atoms with E-state index in [2.05, 4.69) is 27.2 Å². The lowest BCUT2D eigenvalue weighted by molar-refractivity contribution is 0.781. The molecule has 2 aromatic heterocycles. The third-order valence-corrected chi connectivity index (χ3v) is 3.00. The molecular weight excluding hydrogens is 261 g/mol. The number of rotatable bonds is 2. The van der Waals surface area contributed by atoms with Crippen molar-refractivity contribution in [3.63, 3.8) is 0 Å². The second-order valence-electron chi connectivity index (χ2n) is 3.61. The summed E-state index contributed by atoms with van der Waals surface area (Å²) in [7, 11) is 0. The number of aryl methyl sites for hydroxylation is 1. The highest BCUT2D eigenvalue weighted by Gasteiger charge is 2.16. The molecule has 7 heteroatoms. The van der Waals surface area contributed by atoms with Crippen molar-refractivity contribution in [1.29, 1.82) is 0 Å². The molecule has 2 rings (SSSR count). The Hall–Kier alpha value is -1.20. The minimum atomic E-state index is 0.0509. The van der Waals surface area contributed by atoms with Crippen molar-refractivity contribution < 1.29 is 0 Å². The maximum atomic E-state index is 5.95. The predicted octanol–water partition coefficient (Wildman–Crippen LogP) is 2.54. The van der Waals surface area contributed by atoms with Gasteiger partial charge in [0.25, 0.3) is 0 Å². The zero-order valence-electron chi connectivity index (χ0n) is 9.70. The van der Waals surface area contributed by atoms with E-state index in [0.717, 1.165) is 17.8 Å². The molecule has 0 atom stereocenters. The maximum absolute atomic E-state index is 5.95. The van der Waals surface area contributed by atoms with Crippen LogP contribution in [-0.2, 0) is 6.42 Å². The van der Waals surface area contributed by atoms with E-state index in [-0.39, 0.29) is 10.4 Å². The number of nitrogens with zero attached hydrogens (tertiary/aromatic N) is 5. The summed E-state index contributed by atoms with van der Waals surface area (Å²) in [5.41, 5.74) is 3.12. The van der Waals surface area contributed by atoms with E-state index >= 15 is 0 Å². The quantitative estimate of drug-likeness (QED) is 0.843. The molecule has 0 aromatic carbocycles. The fourth-order valence-electron chi connectivity index (χ4n) is 1.81. The van der Waals surface area contributed by atoms with Crippen LogP contribution in [0.4, 0.5) is 0 Å². The van der Waals surface area contributed by atoms with E-state index in [1.54, 1.807) is 4.68 Å². The summed E-state index contributed by atoms with van der Waals surface area (Å²) in [5.74, 6) is 0.409. The van der Waals surface area contributed by atoms with Gasteiger partial charge in [-0.05, 0) is 37.4 Å². The van der Waals surface area contributed by atoms with Gasteiger partial charge in [0.2, 0.25) is 5.28 Å². The molecule has 0 aliphatic rings. The molecule has 0 amide bonds. The molecule has 0 saturated heterocycles. The van der Waals surface area contributed by atoms with Crippen molar-refractivity contribution in [2.75, 3.05) is 0 Å². The van der Waals surface area contributed by atoms with E-state index in [4.69, 9.17) is 23.2 Å². The van der Waals surface area contributed by atoms with Crippen LogP contribution in [-0.4, -0.2) is 25.0 Å². The molecule has 0 fully saturated rings. The lowest BCUT2D eigenvalue weighted by Gasteiger charge is -2.04. The summed E-state index contributed by atoms with van der Waals surface area (Å²) in [5, 5.41) is 11.9. The molecular formula is C10H11Cl2N5. The topological polar surface area (TPSA) is 56.5 Å². The Morgan fingerprint density at radius 2 is 1.88 bits per heavy atom. The number of hydrogen-bond acceptors (Lipinski definition) is 4. The molecule has 17 heavy (non-hydrogen) atoms. The van der Waals surface area contributed by atoms with Crippen LogP contribution in [0.1, 0.15) is 23.9 Å². The average molecular weight is 272 g/mol. The molecule has 0 N–H and O–H groups in total. The monoisotopic (exact) mass is 271 g/mol. The van der Waals surface area contributed by atoms with Crippen LogP contribution >= 0.6 is 23.2 Å². The van der Waals surface area contributed by atoms with Crippen LogP contribution in [0.25, 0.3) is 5.82 Å². The first-order chi connectivity index (χ1) is 8.04. The van der Waals surface area contributed by atoms with Crippen LogP contribution in [0.3, 0.4) is 0 Å². The van der Waals surface area contributed by atoms with Gasteiger partial charge in [-0.3, -0.25) is 0 Å². The molecule has 5 nitrogen and oxygen atoms in total. The first-order valence-corrected chi connectivity index (χ1v) is 5.91. The van der Waals surface area contributed by atoms with Gasteiger partial charge >= 0.3 is 0 Å². The van der Waals surface area contributed by atoms with Gasteiger partial charge in [-0.15, -0.1) is 10.2 Å². The fourth-order valence-corrected chi connectivity index (χ4v) is 2.09. The molecule has 0 bridgehead atoms. The number of halogens is 2. The van der Waals surface area contributed by atoms with Crippen LogP contribution < -0.4 is 0 Å². The Labute approximate surface area is 109 Å². The Bertz CT molecular complexity index is 564. The van der Waals surface area contributed by atoms with Gasteiger partial charge < -0.3 is 0 Å². The minimum absolute atomic E-state index is 0.0509.